The van der Waals surface area contributed by atoms with Gasteiger partial charge >= 0.3 is 6.03 Å². The van der Waals surface area contributed by atoms with E-state index >= 15 is 0 Å². The largest absolute Gasteiger partial charge is 0.508 e. The van der Waals surface area contributed by atoms with Crippen molar-refractivity contribution in [3.8, 4) is 5.75 Å². The highest BCUT2D eigenvalue weighted by atomic mass is 16.3. The Labute approximate surface area is 253 Å². The van der Waals surface area contributed by atoms with Gasteiger partial charge in [-0.2, -0.15) is 0 Å². The van der Waals surface area contributed by atoms with Crippen LogP contribution in [-0.4, -0.2) is 88.7 Å². The molecule has 5 rings (SSSR count). The molecular formula is C31H35N5O8. The molecule has 0 spiro atoms. The first kappa shape index (κ1) is 30.6. The second-order valence-electron chi connectivity index (χ2n) is 12.0. The Morgan fingerprint density at radius 2 is 1.73 bits per heavy atom. The number of rotatable bonds is 5. The minimum absolute atomic E-state index is 0.0295. The molecule has 0 radical (unpaired) electrons. The van der Waals surface area contributed by atoms with Crippen LogP contribution in [0.2, 0.25) is 0 Å². The number of urea groups is 1. The van der Waals surface area contributed by atoms with Gasteiger partial charge < -0.3 is 41.7 Å². The Bertz CT molecular complexity index is 1690. The Kier molecular flexibility index (Phi) is 7.42. The van der Waals surface area contributed by atoms with Crippen molar-refractivity contribution in [2.75, 3.05) is 43.7 Å². The highest BCUT2D eigenvalue weighted by Gasteiger charge is 2.64. The number of nitrogens with two attached hydrogens (primary N) is 1. The van der Waals surface area contributed by atoms with Crippen LogP contribution in [0, 0.1) is 18.8 Å². The van der Waals surface area contributed by atoms with E-state index in [2.05, 4.69) is 10.6 Å². The molecule has 232 valence electrons. The number of carbonyl (C=O) groups is 4. The summed E-state index contributed by atoms with van der Waals surface area (Å²) in [6.07, 6.45) is 0.0870. The summed E-state index contributed by atoms with van der Waals surface area (Å²) in [7, 11) is 6.55. The molecule has 3 aliphatic carbocycles. The fourth-order valence-corrected chi connectivity index (χ4v) is 6.79. The van der Waals surface area contributed by atoms with E-state index in [1.807, 2.05) is 13.0 Å². The van der Waals surface area contributed by atoms with Crippen LogP contribution >= 0.6 is 0 Å². The van der Waals surface area contributed by atoms with Gasteiger partial charge in [0.1, 0.15) is 17.1 Å². The zero-order chi connectivity index (χ0) is 32.4. The van der Waals surface area contributed by atoms with Gasteiger partial charge in [0.25, 0.3) is 5.91 Å². The molecule has 13 heteroatoms. The zero-order valence-electron chi connectivity index (χ0n) is 24.9. The maximum Gasteiger partial charge on any atom is 0.323 e. The first-order valence-corrected chi connectivity index (χ1v) is 13.9. The molecular weight excluding hydrogens is 570 g/mol. The summed E-state index contributed by atoms with van der Waals surface area (Å²) < 4.78 is 0. The third-order valence-electron chi connectivity index (χ3n) is 8.70. The molecule has 44 heavy (non-hydrogen) atoms. The quantitative estimate of drug-likeness (QED) is 0.195. The SMILES string of the molecule is Cc1cccc(NC(=O)Nc2cc(N(C)C)c3c(c2O)C(O)=C2C(=O)[C@@]4(O)C(O)=C(C(N)=O)C(=O)[C@H](N(C)C)[C@H]4C[C@H]2C3)c1. The molecule has 3 aliphatic rings. The number of amides is 3. The topological polar surface area (TPSA) is 206 Å². The average Bonchev–Trinajstić information content (AvgIpc) is 2.91. The molecule has 8 N–H and O–H groups in total. The molecule has 0 unspecified atom stereocenters. The molecule has 1 saturated carbocycles. The fourth-order valence-electron chi connectivity index (χ4n) is 6.79. The maximum absolute atomic E-state index is 14.1. The highest BCUT2D eigenvalue weighted by Crippen LogP contribution is 2.54. The summed E-state index contributed by atoms with van der Waals surface area (Å²) in [6, 6.07) is 6.80. The summed E-state index contributed by atoms with van der Waals surface area (Å²) in [4.78, 5) is 55.6. The molecule has 4 atom stereocenters. The summed E-state index contributed by atoms with van der Waals surface area (Å²) >= 11 is 0. The molecule has 0 aliphatic heterocycles. The third-order valence-corrected chi connectivity index (χ3v) is 8.70. The van der Waals surface area contributed by atoms with Gasteiger partial charge in [0.15, 0.2) is 17.1 Å². The number of aromatic hydroxyl groups is 1. The van der Waals surface area contributed by atoms with Gasteiger partial charge in [-0.25, -0.2) is 4.79 Å². The van der Waals surface area contributed by atoms with E-state index in [1.165, 1.54) is 4.90 Å². The molecule has 0 aromatic heterocycles. The number of phenols is 1. The van der Waals surface area contributed by atoms with Crippen molar-refractivity contribution in [1.29, 1.82) is 0 Å². The number of anilines is 3. The minimum Gasteiger partial charge on any atom is -0.508 e. The normalized spacial score (nSPS) is 24.5. The lowest BCUT2D eigenvalue weighted by molar-refractivity contribution is -0.153. The number of fused-ring (bicyclic) bond motifs is 3. The fraction of sp³-hybridized carbons (Fsp3) is 0.355. The van der Waals surface area contributed by atoms with E-state index in [4.69, 9.17) is 5.73 Å². The van der Waals surface area contributed by atoms with Crippen molar-refractivity contribution in [3.63, 3.8) is 0 Å². The Morgan fingerprint density at radius 3 is 2.32 bits per heavy atom. The van der Waals surface area contributed by atoms with Crippen molar-refractivity contribution < 1.29 is 39.6 Å². The summed E-state index contributed by atoms with van der Waals surface area (Å²) in [5, 5.41) is 51.1. The molecule has 2 aromatic rings. The highest BCUT2D eigenvalue weighted by molar-refractivity contribution is 6.24. The van der Waals surface area contributed by atoms with Crippen molar-refractivity contribution in [3.05, 3.63) is 63.9 Å². The first-order chi connectivity index (χ1) is 20.6. The van der Waals surface area contributed by atoms with Crippen molar-refractivity contribution in [1.82, 2.24) is 4.90 Å². The number of nitrogens with zero attached hydrogens (tertiary/aromatic N) is 2. The Morgan fingerprint density at radius 1 is 1.05 bits per heavy atom. The number of likely N-dealkylation sites (N-methyl/N-ethyl adjacent to an activating group) is 1. The summed E-state index contributed by atoms with van der Waals surface area (Å²) in [6.45, 7) is 1.87. The van der Waals surface area contributed by atoms with Crippen LogP contribution in [0.25, 0.3) is 5.76 Å². The van der Waals surface area contributed by atoms with Gasteiger partial charge in [-0.3, -0.25) is 19.3 Å². The number of nitrogens with one attached hydrogen (secondary N) is 2. The predicted molar refractivity (Wildman–Crippen MR) is 162 cm³/mol. The molecule has 0 saturated heterocycles. The second-order valence-corrected chi connectivity index (χ2v) is 12.0. The lowest BCUT2D eigenvalue weighted by Gasteiger charge is -2.50. The lowest BCUT2D eigenvalue weighted by atomic mass is 9.57. The number of hydrogen-bond donors (Lipinski definition) is 7. The number of aryl methyl sites for hydroxylation is 1. The maximum atomic E-state index is 14.1. The standard InChI is InChI=1S/C31H35N5O8/c1-13-7-6-8-15(9-13)33-30(43)34-18-12-19(35(2)3)16-10-14-11-17-23(36(4)5)26(39)22(29(32)42)28(41)31(17,44)27(40)20(14)25(38)21(16)24(18)37/h6-9,12,14,17,23,37-38,41,44H,10-11H2,1-5H3,(H2,32,42)(H2,33,34,43)/t14-,17-,23-,31-/m1/s1. The number of primary amides is 1. The average molecular weight is 606 g/mol. The Hall–Kier alpha value is -4.88. The molecule has 0 heterocycles. The van der Waals surface area contributed by atoms with Crippen LogP contribution < -0.4 is 21.3 Å². The van der Waals surface area contributed by atoms with Gasteiger partial charge in [-0.1, -0.05) is 12.1 Å². The number of phenolic OH excluding ortho intramolecular Hbond substituents is 1. The van der Waals surface area contributed by atoms with Crippen LogP contribution in [0.15, 0.2) is 47.2 Å². The predicted octanol–water partition coefficient (Wildman–Crippen LogP) is 1.98. The number of aliphatic hydroxyl groups excluding tert-OH is 2. The number of Topliss-reactive ketones (excluding diaryl/α,β-unsaturated/α-hetero) is 2. The second kappa shape index (κ2) is 10.7. The van der Waals surface area contributed by atoms with Crippen LogP contribution in [0.5, 0.6) is 5.75 Å². The summed E-state index contributed by atoms with van der Waals surface area (Å²) in [5.41, 5.74) is 3.74. The van der Waals surface area contributed by atoms with Gasteiger partial charge in [-0.15, -0.1) is 0 Å². The van der Waals surface area contributed by atoms with Gasteiger partial charge in [0, 0.05) is 37.0 Å². The molecule has 0 bridgehead atoms. The van der Waals surface area contributed by atoms with Crippen molar-refractivity contribution in [2.24, 2.45) is 17.6 Å². The van der Waals surface area contributed by atoms with Crippen molar-refractivity contribution in [2.45, 2.75) is 31.4 Å². The van der Waals surface area contributed by atoms with Gasteiger partial charge in [-0.05, 0) is 69.1 Å². The zero-order valence-corrected chi connectivity index (χ0v) is 24.9. The van der Waals surface area contributed by atoms with Crippen LogP contribution in [0.1, 0.15) is 23.1 Å². The number of aliphatic hydroxyl groups is 3. The van der Waals surface area contributed by atoms with E-state index < -0.39 is 69.8 Å². The lowest BCUT2D eigenvalue weighted by Crippen LogP contribution is -2.65. The number of carbonyl (C=O) groups excluding carboxylic acids is 4. The Balaban J connectivity index is 1.64. The van der Waals surface area contributed by atoms with Crippen LogP contribution in [-0.2, 0) is 20.8 Å². The van der Waals surface area contributed by atoms with Gasteiger partial charge in [0.05, 0.1) is 17.3 Å². The van der Waals surface area contributed by atoms with Gasteiger partial charge in [0.2, 0.25) is 5.78 Å². The third kappa shape index (κ3) is 4.55. The molecule has 3 amide bonds. The molecule has 2 aromatic carbocycles. The van der Waals surface area contributed by atoms with E-state index in [-0.39, 0.29) is 29.7 Å². The van der Waals surface area contributed by atoms with Crippen molar-refractivity contribution >= 4 is 46.3 Å². The van der Waals surface area contributed by atoms with E-state index in [0.717, 1.165) is 5.56 Å². The van der Waals surface area contributed by atoms with E-state index in [0.29, 0.717) is 16.9 Å². The minimum atomic E-state index is -2.74. The smallest absolute Gasteiger partial charge is 0.323 e. The van der Waals surface area contributed by atoms with Crippen LogP contribution in [0.3, 0.4) is 0 Å². The van der Waals surface area contributed by atoms with E-state index in [1.54, 1.807) is 57.4 Å². The number of benzene rings is 2. The summed E-state index contributed by atoms with van der Waals surface area (Å²) in [5.74, 6) is -7.46. The molecule has 13 nitrogen and oxygen atoms in total. The van der Waals surface area contributed by atoms with E-state index in [9.17, 15) is 39.6 Å². The monoisotopic (exact) mass is 605 g/mol. The number of hydrogen-bond acceptors (Lipinski definition) is 10. The first-order valence-electron chi connectivity index (χ1n) is 13.9. The molecule has 1 fully saturated rings. The van der Waals surface area contributed by atoms with Crippen LogP contribution in [0.4, 0.5) is 21.9 Å². The number of ketones is 2.